The molecule has 2 N–H and O–H groups in total. The van der Waals surface area contributed by atoms with Gasteiger partial charge in [-0.2, -0.15) is 10.2 Å². The quantitative estimate of drug-likeness (QED) is 0.867. The van der Waals surface area contributed by atoms with Crippen molar-refractivity contribution < 1.29 is 9.53 Å². The van der Waals surface area contributed by atoms with Gasteiger partial charge in [-0.1, -0.05) is 30.3 Å². The maximum atomic E-state index is 12.2. The molecule has 2 rings (SSSR count). The maximum absolute atomic E-state index is 12.2. The number of azo groups is 1. The fraction of sp³-hybridized carbons (Fsp3) is 0.231. The number of nitrogens with zero attached hydrogens (tertiary/aromatic N) is 3. The second kappa shape index (κ2) is 5.79. The van der Waals surface area contributed by atoms with E-state index in [1.807, 2.05) is 30.3 Å². The summed E-state index contributed by atoms with van der Waals surface area (Å²) in [5.41, 5.74) is 5.23. The zero-order valence-corrected chi connectivity index (χ0v) is 11.7. The van der Waals surface area contributed by atoms with Crippen molar-refractivity contribution in [2.45, 2.75) is 12.6 Å². The summed E-state index contributed by atoms with van der Waals surface area (Å²) in [5, 5.41) is 7.85. The van der Waals surface area contributed by atoms with Gasteiger partial charge in [-0.25, -0.2) is 9.69 Å². The molecule has 0 fully saturated rings. The van der Waals surface area contributed by atoms with Gasteiger partial charge in [0.05, 0.1) is 6.61 Å². The molecule has 0 bridgehead atoms. The Morgan fingerprint density at radius 3 is 2.65 bits per heavy atom. The van der Waals surface area contributed by atoms with E-state index in [9.17, 15) is 4.79 Å². The minimum atomic E-state index is -1.18. The second-order valence-electron chi connectivity index (χ2n) is 4.00. The molecule has 0 radical (unpaired) electrons. The monoisotopic (exact) mass is 290 g/mol. The molecule has 0 aliphatic carbocycles. The maximum Gasteiger partial charge on any atom is 0.418 e. The zero-order valence-electron chi connectivity index (χ0n) is 10.9. The van der Waals surface area contributed by atoms with Crippen molar-refractivity contribution in [3.05, 3.63) is 48.2 Å². The van der Waals surface area contributed by atoms with Crippen molar-refractivity contribution >= 4 is 23.4 Å². The van der Waals surface area contributed by atoms with Crippen LogP contribution >= 0.6 is 12.2 Å². The van der Waals surface area contributed by atoms with Crippen molar-refractivity contribution in [2.75, 3.05) is 6.61 Å². The van der Waals surface area contributed by atoms with Crippen LogP contribution in [0.3, 0.4) is 0 Å². The largest absolute Gasteiger partial charge is 0.449 e. The van der Waals surface area contributed by atoms with Gasteiger partial charge < -0.3 is 10.5 Å². The minimum absolute atomic E-state index is 0.127. The second-order valence-corrected chi connectivity index (χ2v) is 4.41. The Balaban J connectivity index is 2.51. The average molecular weight is 290 g/mol. The molecular formula is C13H14N4O2S. The highest BCUT2D eigenvalue weighted by Crippen LogP contribution is 2.36. The van der Waals surface area contributed by atoms with Gasteiger partial charge in [0, 0.05) is 11.8 Å². The highest BCUT2D eigenvalue weighted by molar-refractivity contribution is 7.80. The molecule has 0 spiro atoms. The highest BCUT2D eigenvalue weighted by atomic mass is 32.1. The van der Waals surface area contributed by atoms with Gasteiger partial charge in [-0.3, -0.25) is 0 Å². The molecule has 0 saturated carbocycles. The predicted molar refractivity (Wildman–Crippen MR) is 77.8 cm³/mol. The summed E-state index contributed by atoms with van der Waals surface area (Å²) in [6.45, 7) is 1.92. The smallest absolute Gasteiger partial charge is 0.418 e. The van der Waals surface area contributed by atoms with Gasteiger partial charge >= 0.3 is 6.09 Å². The minimum Gasteiger partial charge on any atom is -0.449 e. The number of carbonyl (C=O) groups is 1. The number of hydrogen-bond acceptors (Lipinski definition) is 5. The predicted octanol–water partition coefficient (Wildman–Crippen LogP) is 2.52. The van der Waals surface area contributed by atoms with Crippen LogP contribution in [0.1, 0.15) is 12.5 Å². The fourth-order valence-corrected chi connectivity index (χ4v) is 2.18. The van der Waals surface area contributed by atoms with Gasteiger partial charge in [-0.15, -0.1) is 0 Å². The van der Waals surface area contributed by atoms with Gasteiger partial charge in [0.15, 0.2) is 5.11 Å². The zero-order chi connectivity index (χ0) is 14.6. The number of benzene rings is 1. The Bertz CT molecular complexity index is 559. The van der Waals surface area contributed by atoms with Crippen molar-refractivity contribution in [1.29, 1.82) is 0 Å². The third kappa shape index (κ3) is 2.39. The summed E-state index contributed by atoms with van der Waals surface area (Å²) in [6, 6.07) is 9.17. The molecule has 0 aromatic heterocycles. The third-order valence-corrected chi connectivity index (χ3v) is 2.98. The molecule has 0 saturated heterocycles. The lowest BCUT2D eigenvalue weighted by molar-refractivity contribution is 0.104. The first-order chi connectivity index (χ1) is 9.62. The summed E-state index contributed by atoms with van der Waals surface area (Å²) in [5.74, 6) is 0. The number of thiocarbonyl (C=S) groups is 1. The molecule has 1 aliphatic heterocycles. The Morgan fingerprint density at radius 1 is 1.45 bits per heavy atom. The van der Waals surface area contributed by atoms with Crippen LogP contribution in [-0.2, 0) is 10.4 Å². The lowest BCUT2D eigenvalue weighted by Gasteiger charge is -2.34. The number of carbonyl (C=O) groups excluding carboxylic acids is 1. The summed E-state index contributed by atoms with van der Waals surface area (Å²) in [4.78, 5) is 13.3. The molecule has 7 heteroatoms. The first-order valence-electron chi connectivity index (χ1n) is 6.03. The molecule has 104 valence electrons. The van der Waals surface area contributed by atoms with E-state index in [1.54, 1.807) is 13.0 Å². The number of ether oxygens (including phenoxy) is 1. The molecule has 1 unspecified atom stereocenters. The van der Waals surface area contributed by atoms with Crippen LogP contribution in [0.2, 0.25) is 0 Å². The molecule has 1 atom stereocenters. The lowest BCUT2D eigenvalue weighted by Crippen LogP contribution is -2.52. The summed E-state index contributed by atoms with van der Waals surface area (Å²) in [7, 11) is 0. The molecule has 20 heavy (non-hydrogen) atoms. The van der Waals surface area contributed by atoms with E-state index in [1.165, 1.54) is 6.20 Å². The summed E-state index contributed by atoms with van der Waals surface area (Å²) in [6.07, 6.45) is 2.49. The Labute approximate surface area is 121 Å². The third-order valence-electron chi connectivity index (χ3n) is 2.79. The van der Waals surface area contributed by atoms with Gasteiger partial charge in [0.25, 0.3) is 0 Å². The van der Waals surface area contributed by atoms with Crippen molar-refractivity contribution in [3.8, 4) is 0 Å². The van der Waals surface area contributed by atoms with Crippen LogP contribution in [0.5, 0.6) is 0 Å². The van der Waals surface area contributed by atoms with E-state index in [4.69, 9.17) is 22.7 Å². The molecular weight excluding hydrogens is 276 g/mol. The average Bonchev–Trinajstić information content (AvgIpc) is 2.90. The van der Waals surface area contributed by atoms with Crippen LogP contribution in [0.25, 0.3) is 0 Å². The molecule has 6 nitrogen and oxygen atoms in total. The van der Waals surface area contributed by atoms with Crippen LogP contribution in [0.4, 0.5) is 4.79 Å². The van der Waals surface area contributed by atoms with Crippen LogP contribution in [0.15, 0.2) is 52.8 Å². The topological polar surface area (TPSA) is 80.3 Å². The van der Waals surface area contributed by atoms with E-state index in [-0.39, 0.29) is 11.7 Å². The molecule has 1 amide bonds. The van der Waals surface area contributed by atoms with E-state index in [2.05, 4.69) is 10.2 Å². The number of amides is 1. The number of rotatable bonds is 3. The van der Waals surface area contributed by atoms with Gasteiger partial charge in [-0.05, 0) is 25.2 Å². The van der Waals surface area contributed by atoms with Crippen molar-refractivity contribution in [3.63, 3.8) is 0 Å². The van der Waals surface area contributed by atoms with Crippen molar-refractivity contribution in [2.24, 2.45) is 16.0 Å². The van der Waals surface area contributed by atoms with E-state index in [0.717, 1.165) is 10.5 Å². The van der Waals surface area contributed by atoms with Crippen LogP contribution < -0.4 is 5.73 Å². The van der Waals surface area contributed by atoms with Crippen LogP contribution in [-0.4, -0.2) is 22.7 Å². The van der Waals surface area contributed by atoms with Gasteiger partial charge in [0.1, 0.15) is 0 Å². The fourth-order valence-electron chi connectivity index (χ4n) is 1.96. The molecule has 1 aliphatic rings. The summed E-state index contributed by atoms with van der Waals surface area (Å²) < 4.78 is 5.01. The van der Waals surface area contributed by atoms with E-state index in [0.29, 0.717) is 0 Å². The number of hydrogen-bond donors (Lipinski definition) is 1. The SMILES string of the molecule is CCOC(=O)N(C(N)=S)C1(c2ccccc2)C=CN=N1. The molecule has 1 heterocycles. The molecule has 1 aromatic carbocycles. The van der Waals surface area contributed by atoms with Crippen molar-refractivity contribution in [1.82, 2.24) is 4.90 Å². The first kappa shape index (κ1) is 14.1. The Kier molecular flexibility index (Phi) is 4.09. The van der Waals surface area contributed by atoms with E-state index >= 15 is 0 Å². The number of nitrogens with two attached hydrogens (primary N) is 1. The lowest BCUT2D eigenvalue weighted by atomic mass is 9.99. The standard InChI is InChI=1S/C13H14N4O2S/c1-2-19-12(18)17(11(14)20)13(8-9-15-16-13)10-6-4-3-5-7-10/h3-9H,2H2,1H3,(H2,14,20). The normalized spacial score (nSPS) is 19.9. The van der Waals surface area contributed by atoms with E-state index < -0.39 is 11.8 Å². The Morgan fingerprint density at radius 2 is 2.15 bits per heavy atom. The Hall–Kier alpha value is -2.28. The first-order valence-corrected chi connectivity index (χ1v) is 6.44. The highest BCUT2D eigenvalue weighted by Gasteiger charge is 2.44. The van der Waals surface area contributed by atoms with Gasteiger partial charge in [0.2, 0.25) is 5.66 Å². The summed E-state index contributed by atoms with van der Waals surface area (Å²) >= 11 is 4.98. The van der Waals surface area contributed by atoms with Crippen LogP contribution in [0, 0.1) is 0 Å². The molecule has 1 aromatic rings.